The first kappa shape index (κ1) is 13.7. The van der Waals surface area contributed by atoms with Crippen LogP contribution < -0.4 is 5.32 Å². The molecule has 4 nitrogen and oxygen atoms in total. The van der Waals surface area contributed by atoms with E-state index in [2.05, 4.69) is 17.2 Å². The number of rotatable bonds is 4. The molecular formula is C14H17N3OS. The summed E-state index contributed by atoms with van der Waals surface area (Å²) in [5.41, 5.74) is 3.22. The summed E-state index contributed by atoms with van der Waals surface area (Å²) < 4.78 is 1.83. The highest BCUT2D eigenvalue weighted by atomic mass is 32.2. The molecule has 1 aromatic carbocycles. The second-order valence-electron chi connectivity index (χ2n) is 4.39. The highest BCUT2D eigenvalue weighted by molar-refractivity contribution is 7.98. The van der Waals surface area contributed by atoms with Crippen molar-refractivity contribution in [3.63, 3.8) is 0 Å². The summed E-state index contributed by atoms with van der Waals surface area (Å²) in [6.07, 6.45) is 5.46. The molecule has 0 saturated carbocycles. The zero-order valence-corrected chi connectivity index (χ0v) is 12.1. The van der Waals surface area contributed by atoms with Crippen molar-refractivity contribution in [3.05, 3.63) is 41.7 Å². The molecule has 0 radical (unpaired) electrons. The quantitative estimate of drug-likeness (QED) is 0.873. The number of nitrogens with zero attached hydrogens (tertiary/aromatic N) is 2. The summed E-state index contributed by atoms with van der Waals surface area (Å²) in [4.78, 5) is 16.1. The van der Waals surface area contributed by atoms with Gasteiger partial charge in [0, 0.05) is 18.1 Å². The molecule has 0 atom stereocenters. The Bertz CT molecular complexity index is 592. The van der Waals surface area contributed by atoms with Gasteiger partial charge in [-0.05, 0) is 43.4 Å². The number of thioether (sulfide) groups is 1. The lowest BCUT2D eigenvalue weighted by molar-refractivity contribution is -0.116. The van der Waals surface area contributed by atoms with Gasteiger partial charge in [0.25, 0.3) is 0 Å². The molecule has 5 heteroatoms. The molecule has 1 heterocycles. The van der Waals surface area contributed by atoms with Crippen molar-refractivity contribution >= 4 is 23.4 Å². The number of aromatic nitrogens is 2. The van der Waals surface area contributed by atoms with Gasteiger partial charge in [-0.15, -0.1) is 0 Å². The van der Waals surface area contributed by atoms with Gasteiger partial charge in [0.1, 0.15) is 6.54 Å². The molecule has 1 N–H and O–H groups in total. The van der Waals surface area contributed by atoms with Crippen LogP contribution in [0.2, 0.25) is 0 Å². The third kappa shape index (κ3) is 3.38. The zero-order chi connectivity index (χ0) is 13.8. The number of imidazole rings is 1. The number of nitrogens with one attached hydrogen (secondary N) is 1. The Morgan fingerprint density at radius 2 is 2.16 bits per heavy atom. The van der Waals surface area contributed by atoms with E-state index in [1.807, 2.05) is 42.1 Å². The van der Waals surface area contributed by atoms with Gasteiger partial charge in [-0.25, -0.2) is 4.98 Å². The summed E-state index contributed by atoms with van der Waals surface area (Å²) in [5.74, 6) is -0.0449. The van der Waals surface area contributed by atoms with Crippen LogP contribution in [-0.2, 0) is 11.3 Å². The van der Waals surface area contributed by atoms with E-state index in [4.69, 9.17) is 0 Å². The summed E-state index contributed by atoms with van der Waals surface area (Å²) in [5, 5.41) is 3.75. The van der Waals surface area contributed by atoms with E-state index in [-0.39, 0.29) is 12.5 Å². The van der Waals surface area contributed by atoms with Gasteiger partial charge in [0.05, 0.1) is 0 Å². The highest BCUT2D eigenvalue weighted by Gasteiger charge is 2.07. The Morgan fingerprint density at radius 3 is 2.84 bits per heavy atom. The van der Waals surface area contributed by atoms with Crippen LogP contribution in [-0.4, -0.2) is 21.7 Å². The van der Waals surface area contributed by atoms with E-state index < -0.39 is 0 Å². The fourth-order valence-corrected chi connectivity index (χ4v) is 2.31. The van der Waals surface area contributed by atoms with E-state index in [1.165, 1.54) is 22.9 Å². The number of anilines is 1. The first-order valence-electron chi connectivity index (χ1n) is 6.02. The molecule has 0 spiro atoms. The predicted molar refractivity (Wildman–Crippen MR) is 78.6 cm³/mol. The molecule has 1 aromatic heterocycles. The third-order valence-electron chi connectivity index (χ3n) is 2.96. The Hall–Kier alpha value is -1.75. The van der Waals surface area contributed by atoms with Gasteiger partial charge in [-0.3, -0.25) is 4.79 Å². The van der Waals surface area contributed by atoms with Crippen molar-refractivity contribution < 1.29 is 4.79 Å². The van der Waals surface area contributed by atoms with Crippen molar-refractivity contribution in [2.45, 2.75) is 25.5 Å². The van der Waals surface area contributed by atoms with Crippen LogP contribution in [0.15, 0.2) is 35.7 Å². The topological polar surface area (TPSA) is 46.9 Å². The number of hydrogen-bond acceptors (Lipinski definition) is 3. The molecule has 0 aliphatic carbocycles. The molecule has 0 bridgehead atoms. The van der Waals surface area contributed by atoms with Gasteiger partial charge in [-0.1, -0.05) is 17.8 Å². The normalized spacial score (nSPS) is 10.5. The van der Waals surface area contributed by atoms with Crippen LogP contribution in [0.3, 0.4) is 0 Å². The number of carbonyl (C=O) groups excluding carboxylic acids is 1. The van der Waals surface area contributed by atoms with Gasteiger partial charge >= 0.3 is 0 Å². The first-order chi connectivity index (χ1) is 9.10. The Kier molecular flexibility index (Phi) is 4.27. The number of hydrogen-bond donors (Lipinski definition) is 1. The summed E-state index contributed by atoms with van der Waals surface area (Å²) in [6.45, 7) is 4.37. The van der Waals surface area contributed by atoms with Crippen LogP contribution in [0, 0.1) is 13.8 Å². The maximum absolute atomic E-state index is 12.0. The average Bonchev–Trinajstić information content (AvgIpc) is 2.81. The van der Waals surface area contributed by atoms with Crippen LogP contribution in [0.25, 0.3) is 0 Å². The second-order valence-corrected chi connectivity index (χ2v) is 5.16. The minimum absolute atomic E-state index is 0.0449. The first-order valence-corrected chi connectivity index (χ1v) is 7.25. The molecule has 0 saturated heterocycles. The number of benzene rings is 1. The molecule has 0 aliphatic heterocycles. The molecule has 19 heavy (non-hydrogen) atoms. The van der Waals surface area contributed by atoms with E-state index >= 15 is 0 Å². The Balaban J connectivity index is 2.03. The van der Waals surface area contributed by atoms with E-state index in [9.17, 15) is 4.79 Å². The number of aryl methyl sites for hydroxylation is 2. The van der Waals surface area contributed by atoms with Gasteiger partial charge in [0.2, 0.25) is 5.91 Å². The van der Waals surface area contributed by atoms with Gasteiger partial charge in [0.15, 0.2) is 5.16 Å². The lowest BCUT2D eigenvalue weighted by Gasteiger charge is -2.09. The van der Waals surface area contributed by atoms with Crippen LogP contribution >= 0.6 is 11.8 Å². The van der Waals surface area contributed by atoms with Crippen molar-refractivity contribution in [1.29, 1.82) is 0 Å². The molecule has 100 valence electrons. The van der Waals surface area contributed by atoms with Crippen molar-refractivity contribution in [1.82, 2.24) is 9.55 Å². The zero-order valence-electron chi connectivity index (χ0n) is 11.3. The summed E-state index contributed by atoms with van der Waals surface area (Å²) in [7, 11) is 0. The van der Waals surface area contributed by atoms with Crippen molar-refractivity contribution in [2.75, 3.05) is 11.6 Å². The van der Waals surface area contributed by atoms with E-state index in [0.717, 1.165) is 10.8 Å². The molecule has 2 rings (SSSR count). The second kappa shape index (κ2) is 5.93. The van der Waals surface area contributed by atoms with Gasteiger partial charge in [-0.2, -0.15) is 0 Å². The van der Waals surface area contributed by atoms with Crippen LogP contribution in [0.1, 0.15) is 11.1 Å². The van der Waals surface area contributed by atoms with Crippen LogP contribution in [0.4, 0.5) is 5.69 Å². The number of amides is 1. The SMILES string of the molecule is CSc1nccn1CC(=O)Nc1ccc(C)c(C)c1. The third-order valence-corrected chi connectivity index (χ3v) is 3.67. The minimum atomic E-state index is -0.0449. The van der Waals surface area contributed by atoms with Crippen molar-refractivity contribution in [2.24, 2.45) is 0 Å². The minimum Gasteiger partial charge on any atom is -0.325 e. The highest BCUT2D eigenvalue weighted by Crippen LogP contribution is 2.15. The van der Waals surface area contributed by atoms with Gasteiger partial charge < -0.3 is 9.88 Å². The van der Waals surface area contributed by atoms with E-state index in [0.29, 0.717) is 0 Å². The van der Waals surface area contributed by atoms with E-state index in [1.54, 1.807) is 6.20 Å². The number of carbonyl (C=O) groups is 1. The molecule has 0 unspecified atom stereocenters. The maximum Gasteiger partial charge on any atom is 0.244 e. The smallest absolute Gasteiger partial charge is 0.244 e. The predicted octanol–water partition coefficient (Wildman–Crippen LogP) is 2.86. The molecular weight excluding hydrogens is 258 g/mol. The lowest BCUT2D eigenvalue weighted by Crippen LogP contribution is -2.18. The lowest BCUT2D eigenvalue weighted by atomic mass is 10.1. The average molecular weight is 275 g/mol. The monoisotopic (exact) mass is 275 g/mol. The Labute approximate surface area is 117 Å². The molecule has 0 fully saturated rings. The fourth-order valence-electron chi connectivity index (χ4n) is 1.78. The molecule has 2 aromatic rings. The summed E-state index contributed by atoms with van der Waals surface area (Å²) in [6, 6.07) is 5.91. The summed E-state index contributed by atoms with van der Waals surface area (Å²) >= 11 is 1.53. The maximum atomic E-state index is 12.0. The molecule has 0 aliphatic rings. The van der Waals surface area contributed by atoms with Crippen LogP contribution in [0.5, 0.6) is 0 Å². The largest absolute Gasteiger partial charge is 0.325 e. The Morgan fingerprint density at radius 1 is 1.37 bits per heavy atom. The fraction of sp³-hybridized carbons (Fsp3) is 0.286. The standard InChI is InChI=1S/C14H17N3OS/c1-10-4-5-12(8-11(10)2)16-13(18)9-17-7-6-15-14(17)19-3/h4-8H,9H2,1-3H3,(H,16,18). The van der Waals surface area contributed by atoms with Crippen molar-refractivity contribution in [3.8, 4) is 0 Å². The molecule has 1 amide bonds.